The molecule has 3 rings (SSSR count). The average Bonchev–Trinajstić information content (AvgIpc) is 3.17. The summed E-state index contributed by atoms with van der Waals surface area (Å²) < 4.78 is 18.7. The van der Waals surface area contributed by atoms with E-state index in [-0.39, 0.29) is 11.9 Å². The van der Waals surface area contributed by atoms with Crippen molar-refractivity contribution in [2.24, 2.45) is 4.99 Å². The molecule has 26 heavy (non-hydrogen) atoms. The van der Waals surface area contributed by atoms with Gasteiger partial charge in [-0.1, -0.05) is 42.5 Å². The fraction of sp³-hybridized carbons (Fsp3) is 0.381. The third kappa shape index (κ3) is 4.41. The van der Waals surface area contributed by atoms with Gasteiger partial charge in [0.2, 0.25) is 0 Å². The van der Waals surface area contributed by atoms with E-state index in [1.165, 1.54) is 17.7 Å². The van der Waals surface area contributed by atoms with Gasteiger partial charge in [0.15, 0.2) is 5.96 Å². The molecule has 5 heteroatoms. The third-order valence-corrected chi connectivity index (χ3v) is 4.94. The monoisotopic (exact) mass is 355 g/mol. The molecular weight excluding hydrogens is 329 g/mol. The van der Waals surface area contributed by atoms with Gasteiger partial charge in [0, 0.05) is 39.7 Å². The van der Waals surface area contributed by atoms with Gasteiger partial charge in [0.25, 0.3) is 0 Å². The van der Waals surface area contributed by atoms with E-state index in [1.54, 1.807) is 26.3 Å². The van der Waals surface area contributed by atoms with Crippen molar-refractivity contribution >= 4 is 5.96 Å². The van der Waals surface area contributed by atoms with Crippen LogP contribution in [0.3, 0.4) is 0 Å². The predicted octanol–water partition coefficient (Wildman–Crippen LogP) is 3.58. The first-order valence-corrected chi connectivity index (χ1v) is 9.00. The zero-order chi connectivity index (χ0) is 18.4. The molecule has 0 bridgehead atoms. The minimum Gasteiger partial charge on any atom is -0.375 e. The van der Waals surface area contributed by atoms with Gasteiger partial charge in [-0.25, -0.2) is 4.39 Å². The maximum atomic E-state index is 13.1. The van der Waals surface area contributed by atoms with Crippen molar-refractivity contribution in [3.8, 4) is 0 Å². The van der Waals surface area contributed by atoms with Crippen LogP contribution in [-0.4, -0.2) is 44.7 Å². The summed E-state index contributed by atoms with van der Waals surface area (Å²) in [5, 5.41) is 3.40. The minimum atomic E-state index is -0.239. The van der Waals surface area contributed by atoms with Gasteiger partial charge < -0.3 is 15.0 Å². The van der Waals surface area contributed by atoms with Crippen LogP contribution < -0.4 is 5.32 Å². The van der Waals surface area contributed by atoms with Crippen LogP contribution in [0, 0.1) is 5.82 Å². The number of nitrogens with zero attached hydrogens (tertiary/aromatic N) is 2. The average molecular weight is 355 g/mol. The second kappa shape index (κ2) is 8.81. The number of benzene rings is 2. The number of nitrogens with one attached hydrogen (secondary N) is 1. The van der Waals surface area contributed by atoms with Crippen LogP contribution in [0.4, 0.5) is 4.39 Å². The molecule has 0 radical (unpaired) electrons. The molecule has 2 aromatic rings. The summed E-state index contributed by atoms with van der Waals surface area (Å²) in [6.45, 7) is 2.52. The minimum absolute atomic E-state index is 0.153. The number of methoxy groups -OCH3 is 1. The summed E-state index contributed by atoms with van der Waals surface area (Å²) in [7, 11) is 3.47. The van der Waals surface area contributed by atoms with Crippen molar-refractivity contribution in [1.82, 2.24) is 10.2 Å². The highest BCUT2D eigenvalue weighted by molar-refractivity contribution is 5.80. The zero-order valence-electron chi connectivity index (χ0n) is 15.4. The second-order valence-corrected chi connectivity index (χ2v) is 6.55. The molecule has 0 aromatic heterocycles. The SMILES string of the molecule is CN=C(NCC(OC)c1ccc(F)cc1)N1CCC(c2ccccc2)C1. The Morgan fingerprint density at radius 3 is 2.62 bits per heavy atom. The van der Waals surface area contributed by atoms with Crippen LogP contribution in [-0.2, 0) is 4.74 Å². The van der Waals surface area contributed by atoms with Crippen LogP contribution in [0.2, 0.25) is 0 Å². The standard InChI is InChI=1S/C21H26FN3O/c1-23-21(24-14-20(26-2)17-8-10-19(22)11-9-17)25-13-12-18(15-25)16-6-4-3-5-7-16/h3-11,18,20H,12-15H2,1-2H3,(H,23,24). The first-order chi connectivity index (χ1) is 12.7. The van der Waals surface area contributed by atoms with E-state index in [9.17, 15) is 4.39 Å². The van der Waals surface area contributed by atoms with Crippen molar-refractivity contribution in [1.29, 1.82) is 0 Å². The van der Waals surface area contributed by atoms with Crippen molar-refractivity contribution in [3.05, 3.63) is 71.5 Å². The third-order valence-electron chi connectivity index (χ3n) is 4.94. The van der Waals surface area contributed by atoms with Gasteiger partial charge in [-0.15, -0.1) is 0 Å². The smallest absolute Gasteiger partial charge is 0.193 e. The van der Waals surface area contributed by atoms with Crippen LogP contribution in [0.15, 0.2) is 59.6 Å². The molecule has 2 atom stereocenters. The molecule has 0 saturated carbocycles. The summed E-state index contributed by atoms with van der Waals surface area (Å²) >= 11 is 0. The number of rotatable bonds is 5. The van der Waals surface area contributed by atoms with Crippen LogP contribution in [0.1, 0.15) is 29.6 Å². The van der Waals surface area contributed by atoms with E-state index in [0.29, 0.717) is 12.5 Å². The van der Waals surface area contributed by atoms with Gasteiger partial charge >= 0.3 is 0 Å². The molecule has 1 aliphatic heterocycles. The Morgan fingerprint density at radius 1 is 1.23 bits per heavy atom. The molecule has 0 spiro atoms. The number of likely N-dealkylation sites (tertiary alicyclic amines) is 1. The van der Waals surface area contributed by atoms with E-state index in [1.807, 2.05) is 0 Å². The largest absolute Gasteiger partial charge is 0.375 e. The molecule has 1 heterocycles. The number of hydrogen-bond donors (Lipinski definition) is 1. The molecule has 0 amide bonds. The molecule has 138 valence electrons. The Hall–Kier alpha value is -2.40. The predicted molar refractivity (Wildman–Crippen MR) is 103 cm³/mol. The first-order valence-electron chi connectivity index (χ1n) is 9.00. The quantitative estimate of drug-likeness (QED) is 0.658. The number of hydrogen-bond acceptors (Lipinski definition) is 2. The van der Waals surface area contributed by atoms with Gasteiger partial charge in [0.1, 0.15) is 5.82 Å². The van der Waals surface area contributed by atoms with Crippen molar-refractivity contribution < 1.29 is 9.13 Å². The van der Waals surface area contributed by atoms with Crippen molar-refractivity contribution in [2.75, 3.05) is 33.8 Å². The van der Waals surface area contributed by atoms with Crippen LogP contribution >= 0.6 is 0 Å². The maximum absolute atomic E-state index is 13.1. The van der Waals surface area contributed by atoms with Crippen molar-refractivity contribution in [2.45, 2.75) is 18.4 Å². The Balaban J connectivity index is 1.58. The highest BCUT2D eigenvalue weighted by Crippen LogP contribution is 2.27. The molecule has 1 aliphatic rings. The molecular formula is C21H26FN3O. The van der Waals surface area contributed by atoms with Gasteiger partial charge in [-0.05, 0) is 29.7 Å². The van der Waals surface area contributed by atoms with Crippen LogP contribution in [0.5, 0.6) is 0 Å². The van der Waals surface area contributed by atoms with E-state index in [2.05, 4.69) is 45.5 Å². The second-order valence-electron chi connectivity index (χ2n) is 6.55. The Labute approximate surface area is 154 Å². The number of guanidine groups is 1. The Kier molecular flexibility index (Phi) is 6.23. The van der Waals surface area contributed by atoms with Crippen LogP contribution in [0.25, 0.3) is 0 Å². The van der Waals surface area contributed by atoms with Gasteiger partial charge in [-0.2, -0.15) is 0 Å². The highest BCUT2D eigenvalue weighted by atomic mass is 19.1. The number of ether oxygens (including phenoxy) is 1. The topological polar surface area (TPSA) is 36.9 Å². The normalized spacial score (nSPS) is 18.8. The van der Waals surface area contributed by atoms with E-state index in [0.717, 1.165) is 31.0 Å². The van der Waals surface area contributed by atoms with Gasteiger partial charge in [-0.3, -0.25) is 4.99 Å². The lowest BCUT2D eigenvalue weighted by molar-refractivity contribution is 0.106. The zero-order valence-corrected chi connectivity index (χ0v) is 15.4. The summed E-state index contributed by atoms with van der Waals surface area (Å²) in [5.74, 6) is 1.18. The fourth-order valence-corrected chi connectivity index (χ4v) is 3.48. The van der Waals surface area contributed by atoms with Crippen molar-refractivity contribution in [3.63, 3.8) is 0 Å². The number of aliphatic imine (C=N–C) groups is 1. The summed E-state index contributed by atoms with van der Waals surface area (Å²) in [6, 6.07) is 17.1. The molecule has 4 nitrogen and oxygen atoms in total. The number of halogens is 1. The van der Waals surface area contributed by atoms with E-state index in [4.69, 9.17) is 4.74 Å². The summed E-state index contributed by atoms with van der Waals surface area (Å²) in [6.07, 6.45) is 0.969. The maximum Gasteiger partial charge on any atom is 0.193 e. The van der Waals surface area contributed by atoms with E-state index >= 15 is 0 Å². The Bertz CT molecular complexity index is 718. The summed E-state index contributed by atoms with van der Waals surface area (Å²) in [4.78, 5) is 6.71. The molecule has 2 unspecified atom stereocenters. The molecule has 0 aliphatic carbocycles. The van der Waals surface area contributed by atoms with Gasteiger partial charge in [0.05, 0.1) is 6.10 Å². The highest BCUT2D eigenvalue weighted by Gasteiger charge is 2.26. The summed E-state index contributed by atoms with van der Waals surface area (Å²) in [5.41, 5.74) is 2.33. The van der Waals surface area contributed by atoms with E-state index < -0.39 is 0 Å². The lowest BCUT2D eigenvalue weighted by Gasteiger charge is -2.24. The lowest BCUT2D eigenvalue weighted by Crippen LogP contribution is -2.41. The molecule has 1 N–H and O–H groups in total. The molecule has 1 fully saturated rings. The molecule has 2 aromatic carbocycles. The fourth-order valence-electron chi connectivity index (χ4n) is 3.48. The lowest BCUT2D eigenvalue weighted by atomic mass is 9.99. The first kappa shape index (κ1) is 18.4. The molecule has 1 saturated heterocycles. The Morgan fingerprint density at radius 2 is 1.96 bits per heavy atom.